The van der Waals surface area contributed by atoms with Crippen molar-refractivity contribution >= 4 is 33.1 Å². The Kier molecular flexibility index (Phi) is 4.85. The Labute approximate surface area is 161 Å². The Hall–Kier alpha value is -3.18. The lowest BCUT2D eigenvalue weighted by Gasteiger charge is -2.07. The molecule has 0 aliphatic heterocycles. The van der Waals surface area contributed by atoms with Gasteiger partial charge in [0.25, 0.3) is 5.91 Å². The first-order chi connectivity index (χ1) is 13.2. The molecule has 27 heavy (non-hydrogen) atoms. The largest absolute Gasteiger partial charge is 0.484 e. The van der Waals surface area contributed by atoms with E-state index >= 15 is 0 Å². The lowest BCUT2D eigenvalue weighted by atomic mass is 10.2. The minimum atomic E-state index is -0.193. The van der Waals surface area contributed by atoms with Crippen molar-refractivity contribution in [1.82, 2.24) is 4.98 Å². The van der Waals surface area contributed by atoms with Gasteiger partial charge in [0.1, 0.15) is 10.8 Å². The number of hydrogen-bond donors (Lipinski definition) is 1. The van der Waals surface area contributed by atoms with E-state index in [1.54, 1.807) is 11.3 Å². The molecule has 0 bridgehead atoms. The van der Waals surface area contributed by atoms with Gasteiger partial charge in [-0.3, -0.25) is 4.79 Å². The van der Waals surface area contributed by atoms with Crippen LogP contribution in [0.3, 0.4) is 0 Å². The first-order valence-corrected chi connectivity index (χ1v) is 9.44. The van der Waals surface area contributed by atoms with Gasteiger partial charge in [-0.1, -0.05) is 24.3 Å². The highest BCUT2D eigenvalue weighted by atomic mass is 32.1. The van der Waals surface area contributed by atoms with E-state index in [0.29, 0.717) is 5.75 Å². The number of carbonyl (C=O) groups is 1. The zero-order chi connectivity index (χ0) is 18.6. The van der Waals surface area contributed by atoms with Gasteiger partial charge in [-0.2, -0.15) is 0 Å². The van der Waals surface area contributed by atoms with Crippen molar-refractivity contribution in [1.29, 1.82) is 0 Å². The Balaban J connectivity index is 1.41. The second kappa shape index (κ2) is 7.60. The van der Waals surface area contributed by atoms with Gasteiger partial charge in [0.15, 0.2) is 6.61 Å². The second-order valence-corrected chi connectivity index (χ2v) is 7.25. The molecule has 0 aliphatic carbocycles. The first-order valence-electron chi connectivity index (χ1n) is 8.63. The molecule has 3 aromatic carbocycles. The predicted molar refractivity (Wildman–Crippen MR) is 110 cm³/mol. The average Bonchev–Trinajstić information content (AvgIpc) is 3.11. The van der Waals surface area contributed by atoms with Crippen LogP contribution in [0, 0.1) is 6.92 Å². The Morgan fingerprint density at radius 2 is 1.81 bits per heavy atom. The van der Waals surface area contributed by atoms with Crippen molar-refractivity contribution in [2.75, 3.05) is 11.9 Å². The number of aromatic nitrogens is 1. The molecule has 0 aliphatic rings. The number of amides is 1. The van der Waals surface area contributed by atoms with Crippen LogP contribution in [0.15, 0.2) is 72.8 Å². The summed E-state index contributed by atoms with van der Waals surface area (Å²) in [6.07, 6.45) is 0. The number of hydrogen-bond acceptors (Lipinski definition) is 4. The first kappa shape index (κ1) is 17.2. The number of ether oxygens (including phenoxy) is 1. The molecular weight excluding hydrogens is 356 g/mol. The van der Waals surface area contributed by atoms with Crippen LogP contribution in [0.5, 0.6) is 5.75 Å². The SMILES string of the molecule is Cc1ccc2sc(-c3ccc(NC(=O)COc4ccccc4)cc3)nc2c1. The summed E-state index contributed by atoms with van der Waals surface area (Å²) in [5.74, 6) is 0.483. The maximum Gasteiger partial charge on any atom is 0.262 e. The summed E-state index contributed by atoms with van der Waals surface area (Å²) in [4.78, 5) is 16.8. The molecule has 134 valence electrons. The van der Waals surface area contributed by atoms with Gasteiger partial charge in [-0.25, -0.2) is 4.98 Å². The number of thiazole rings is 1. The lowest BCUT2D eigenvalue weighted by molar-refractivity contribution is -0.118. The zero-order valence-electron chi connectivity index (χ0n) is 14.8. The van der Waals surface area contributed by atoms with Crippen molar-refractivity contribution in [3.05, 3.63) is 78.4 Å². The summed E-state index contributed by atoms with van der Waals surface area (Å²) < 4.78 is 6.63. The highest BCUT2D eigenvalue weighted by molar-refractivity contribution is 7.21. The van der Waals surface area contributed by atoms with Crippen molar-refractivity contribution in [3.8, 4) is 16.3 Å². The van der Waals surface area contributed by atoms with Crippen LogP contribution in [-0.2, 0) is 4.79 Å². The number of rotatable bonds is 5. The molecule has 0 fully saturated rings. The average molecular weight is 374 g/mol. The lowest BCUT2D eigenvalue weighted by Crippen LogP contribution is -2.20. The van der Waals surface area contributed by atoms with Crippen LogP contribution in [0.25, 0.3) is 20.8 Å². The van der Waals surface area contributed by atoms with Crippen LogP contribution >= 0.6 is 11.3 Å². The van der Waals surface area contributed by atoms with Crippen LogP contribution in [0.2, 0.25) is 0 Å². The summed E-state index contributed by atoms with van der Waals surface area (Å²) in [7, 11) is 0. The molecule has 0 spiro atoms. The molecule has 0 unspecified atom stereocenters. The maximum absolute atomic E-state index is 12.0. The van der Waals surface area contributed by atoms with E-state index in [1.807, 2.05) is 54.6 Å². The van der Waals surface area contributed by atoms with Crippen molar-refractivity contribution in [2.24, 2.45) is 0 Å². The Bertz CT molecular complexity index is 1070. The normalized spacial score (nSPS) is 10.7. The fourth-order valence-corrected chi connectivity index (χ4v) is 3.67. The van der Waals surface area contributed by atoms with Gasteiger partial charge in [-0.15, -0.1) is 11.3 Å². The third-order valence-corrected chi connectivity index (χ3v) is 5.16. The highest BCUT2D eigenvalue weighted by Crippen LogP contribution is 2.31. The molecule has 4 aromatic rings. The van der Waals surface area contributed by atoms with E-state index in [0.717, 1.165) is 21.8 Å². The Morgan fingerprint density at radius 3 is 2.59 bits per heavy atom. The number of anilines is 1. The van der Waals surface area contributed by atoms with Crippen LogP contribution in [0.1, 0.15) is 5.56 Å². The number of nitrogens with one attached hydrogen (secondary N) is 1. The highest BCUT2D eigenvalue weighted by Gasteiger charge is 2.08. The number of nitrogens with zero attached hydrogens (tertiary/aromatic N) is 1. The van der Waals surface area contributed by atoms with Crippen LogP contribution in [0.4, 0.5) is 5.69 Å². The fraction of sp³-hybridized carbons (Fsp3) is 0.0909. The molecule has 4 nitrogen and oxygen atoms in total. The maximum atomic E-state index is 12.0. The number of aryl methyl sites for hydroxylation is 1. The van der Waals surface area contributed by atoms with Gasteiger partial charge in [0, 0.05) is 11.3 Å². The summed E-state index contributed by atoms with van der Waals surface area (Å²) in [6.45, 7) is 2.04. The molecule has 4 rings (SSSR count). The third kappa shape index (κ3) is 4.15. The third-order valence-electron chi connectivity index (χ3n) is 4.07. The number of para-hydroxylation sites is 1. The molecule has 0 atom stereocenters. The van der Waals surface area contributed by atoms with Crippen LogP contribution in [-0.4, -0.2) is 17.5 Å². The molecule has 0 saturated heterocycles. The summed E-state index contributed by atoms with van der Waals surface area (Å²) in [5.41, 5.74) is 3.99. The minimum Gasteiger partial charge on any atom is -0.484 e. The van der Waals surface area contributed by atoms with Gasteiger partial charge >= 0.3 is 0 Å². The second-order valence-electron chi connectivity index (χ2n) is 6.22. The number of benzene rings is 3. The zero-order valence-corrected chi connectivity index (χ0v) is 15.6. The molecule has 5 heteroatoms. The fourth-order valence-electron chi connectivity index (χ4n) is 2.72. The van der Waals surface area contributed by atoms with Gasteiger partial charge < -0.3 is 10.1 Å². The van der Waals surface area contributed by atoms with Gasteiger partial charge in [0.05, 0.1) is 10.2 Å². The van der Waals surface area contributed by atoms with E-state index in [-0.39, 0.29) is 12.5 Å². The van der Waals surface area contributed by atoms with E-state index < -0.39 is 0 Å². The monoisotopic (exact) mass is 374 g/mol. The predicted octanol–water partition coefficient (Wildman–Crippen LogP) is 5.29. The van der Waals surface area contributed by atoms with Crippen LogP contribution < -0.4 is 10.1 Å². The molecule has 1 N–H and O–H groups in total. The molecule has 0 radical (unpaired) electrons. The standard InChI is InChI=1S/C22H18N2O2S/c1-15-7-12-20-19(13-15)24-22(27-20)16-8-10-17(11-9-16)23-21(25)14-26-18-5-3-2-4-6-18/h2-13H,14H2,1H3,(H,23,25). The van der Waals surface area contributed by atoms with Crippen molar-refractivity contribution in [2.45, 2.75) is 6.92 Å². The topological polar surface area (TPSA) is 51.2 Å². The summed E-state index contributed by atoms with van der Waals surface area (Å²) in [6, 6.07) is 23.3. The van der Waals surface area contributed by atoms with Gasteiger partial charge in [-0.05, 0) is 61.0 Å². The molecule has 1 amide bonds. The van der Waals surface area contributed by atoms with Crippen molar-refractivity contribution < 1.29 is 9.53 Å². The smallest absolute Gasteiger partial charge is 0.262 e. The molecule has 1 aromatic heterocycles. The molecular formula is C22H18N2O2S. The number of carbonyl (C=O) groups excluding carboxylic acids is 1. The van der Waals surface area contributed by atoms with E-state index in [1.165, 1.54) is 10.3 Å². The van der Waals surface area contributed by atoms with Crippen molar-refractivity contribution in [3.63, 3.8) is 0 Å². The number of fused-ring (bicyclic) bond motifs is 1. The van der Waals surface area contributed by atoms with E-state index in [4.69, 9.17) is 9.72 Å². The van der Waals surface area contributed by atoms with Gasteiger partial charge in [0.2, 0.25) is 0 Å². The Morgan fingerprint density at radius 1 is 1.04 bits per heavy atom. The summed E-state index contributed by atoms with van der Waals surface area (Å²) in [5, 5.41) is 3.82. The summed E-state index contributed by atoms with van der Waals surface area (Å²) >= 11 is 1.67. The van der Waals surface area contributed by atoms with E-state index in [9.17, 15) is 4.79 Å². The quantitative estimate of drug-likeness (QED) is 0.516. The minimum absolute atomic E-state index is 0.0248. The molecule has 1 heterocycles. The molecule has 0 saturated carbocycles. The van der Waals surface area contributed by atoms with E-state index in [2.05, 4.69) is 30.4 Å².